The summed E-state index contributed by atoms with van der Waals surface area (Å²) >= 11 is 1.67. The standard InChI is InChI=1S/C12H14N6S/c1-8-4-11(18-12(16-8)13-7-14-18)17(3)5-10-15-9(2)6-19-10/h4,6-7H,5H2,1-3H3. The van der Waals surface area contributed by atoms with Crippen molar-refractivity contribution >= 4 is 22.9 Å². The van der Waals surface area contributed by atoms with Gasteiger partial charge in [0.25, 0.3) is 5.78 Å². The second kappa shape index (κ2) is 4.58. The molecule has 3 rings (SSSR count). The summed E-state index contributed by atoms with van der Waals surface area (Å²) in [5.74, 6) is 1.59. The van der Waals surface area contributed by atoms with Crippen molar-refractivity contribution in [1.82, 2.24) is 24.6 Å². The molecule has 6 nitrogen and oxygen atoms in total. The van der Waals surface area contributed by atoms with Gasteiger partial charge in [-0.25, -0.2) is 9.97 Å². The minimum Gasteiger partial charge on any atom is -0.353 e. The van der Waals surface area contributed by atoms with E-state index in [1.807, 2.05) is 27.0 Å². The van der Waals surface area contributed by atoms with E-state index in [9.17, 15) is 0 Å². The number of hydrogen-bond donors (Lipinski definition) is 0. The number of anilines is 1. The Labute approximate surface area is 114 Å². The van der Waals surface area contributed by atoms with Gasteiger partial charge in [0.2, 0.25) is 0 Å². The Morgan fingerprint density at radius 3 is 2.84 bits per heavy atom. The minimum atomic E-state index is 0.622. The number of rotatable bonds is 3. The first-order valence-electron chi connectivity index (χ1n) is 5.93. The predicted octanol–water partition coefficient (Wildman–Crippen LogP) is 1.83. The molecule has 0 aliphatic heterocycles. The molecule has 3 heterocycles. The van der Waals surface area contributed by atoms with Crippen LogP contribution in [0.5, 0.6) is 0 Å². The molecule has 0 atom stereocenters. The van der Waals surface area contributed by atoms with Gasteiger partial charge in [-0.15, -0.1) is 11.3 Å². The second-order valence-electron chi connectivity index (χ2n) is 4.47. The highest BCUT2D eigenvalue weighted by Gasteiger charge is 2.11. The van der Waals surface area contributed by atoms with Crippen LogP contribution >= 0.6 is 11.3 Å². The van der Waals surface area contributed by atoms with E-state index in [0.717, 1.165) is 28.8 Å². The Bertz CT molecular complexity index is 716. The molecule has 3 aromatic rings. The molecule has 0 unspecified atom stereocenters. The van der Waals surface area contributed by atoms with Crippen molar-refractivity contribution in [1.29, 1.82) is 0 Å². The second-order valence-corrected chi connectivity index (χ2v) is 5.41. The number of fused-ring (bicyclic) bond motifs is 1. The lowest BCUT2D eigenvalue weighted by Gasteiger charge is -2.18. The molecule has 0 N–H and O–H groups in total. The van der Waals surface area contributed by atoms with E-state index < -0.39 is 0 Å². The zero-order valence-electron chi connectivity index (χ0n) is 11.0. The van der Waals surface area contributed by atoms with Gasteiger partial charge in [-0.05, 0) is 13.8 Å². The van der Waals surface area contributed by atoms with Gasteiger partial charge in [-0.2, -0.15) is 14.6 Å². The first-order chi connectivity index (χ1) is 9.13. The van der Waals surface area contributed by atoms with Crippen LogP contribution in [0.25, 0.3) is 5.78 Å². The molecule has 0 saturated heterocycles. The van der Waals surface area contributed by atoms with Gasteiger partial charge < -0.3 is 4.90 Å². The largest absolute Gasteiger partial charge is 0.353 e. The van der Waals surface area contributed by atoms with Crippen LogP contribution in [0.3, 0.4) is 0 Å². The van der Waals surface area contributed by atoms with Crippen molar-refractivity contribution in [2.45, 2.75) is 20.4 Å². The van der Waals surface area contributed by atoms with Crippen molar-refractivity contribution in [2.24, 2.45) is 0 Å². The van der Waals surface area contributed by atoms with Crippen LogP contribution in [-0.2, 0) is 6.54 Å². The van der Waals surface area contributed by atoms with E-state index in [2.05, 4.69) is 30.3 Å². The van der Waals surface area contributed by atoms with E-state index in [1.165, 1.54) is 6.33 Å². The van der Waals surface area contributed by atoms with Crippen LogP contribution in [0.1, 0.15) is 16.4 Å². The molecule has 7 heteroatoms. The first-order valence-corrected chi connectivity index (χ1v) is 6.81. The Morgan fingerprint density at radius 2 is 2.11 bits per heavy atom. The maximum absolute atomic E-state index is 4.48. The predicted molar refractivity (Wildman–Crippen MR) is 74.5 cm³/mol. The van der Waals surface area contributed by atoms with E-state index >= 15 is 0 Å². The molecule has 0 fully saturated rings. The van der Waals surface area contributed by atoms with E-state index in [-0.39, 0.29) is 0 Å². The van der Waals surface area contributed by atoms with Crippen LogP contribution in [0.4, 0.5) is 5.82 Å². The quantitative estimate of drug-likeness (QED) is 0.729. The van der Waals surface area contributed by atoms with E-state index in [4.69, 9.17) is 0 Å². The molecule has 0 amide bonds. The molecule has 19 heavy (non-hydrogen) atoms. The maximum Gasteiger partial charge on any atom is 0.254 e. The Hall–Kier alpha value is -2.02. The molecule has 0 bridgehead atoms. The van der Waals surface area contributed by atoms with Crippen molar-refractivity contribution < 1.29 is 0 Å². The Balaban J connectivity index is 1.96. The van der Waals surface area contributed by atoms with Gasteiger partial charge in [-0.1, -0.05) is 0 Å². The first kappa shape index (κ1) is 12.0. The van der Waals surface area contributed by atoms with Crippen molar-refractivity contribution in [3.63, 3.8) is 0 Å². The van der Waals surface area contributed by atoms with Crippen LogP contribution in [0.2, 0.25) is 0 Å². The summed E-state index contributed by atoms with van der Waals surface area (Å²) < 4.78 is 1.74. The summed E-state index contributed by atoms with van der Waals surface area (Å²) in [5, 5.41) is 7.36. The van der Waals surface area contributed by atoms with Gasteiger partial charge in [0, 0.05) is 29.9 Å². The van der Waals surface area contributed by atoms with Gasteiger partial charge in [0.05, 0.1) is 6.54 Å². The van der Waals surface area contributed by atoms with Crippen LogP contribution in [0, 0.1) is 13.8 Å². The third-order valence-electron chi connectivity index (χ3n) is 2.79. The van der Waals surface area contributed by atoms with Crippen molar-refractivity contribution in [2.75, 3.05) is 11.9 Å². The molecule has 0 aliphatic carbocycles. The summed E-state index contributed by atoms with van der Waals surface area (Å²) in [6, 6.07) is 2.00. The summed E-state index contributed by atoms with van der Waals surface area (Å²) in [6.45, 7) is 4.71. The van der Waals surface area contributed by atoms with Crippen LogP contribution in [-0.4, -0.2) is 31.6 Å². The van der Waals surface area contributed by atoms with Gasteiger partial charge >= 0.3 is 0 Å². The average molecular weight is 274 g/mol. The molecule has 0 spiro atoms. The minimum absolute atomic E-state index is 0.622. The third-order valence-corrected chi connectivity index (χ3v) is 3.74. The molecule has 0 aromatic carbocycles. The average Bonchev–Trinajstić information content (AvgIpc) is 2.96. The lowest BCUT2D eigenvalue weighted by Crippen LogP contribution is -2.20. The fraction of sp³-hybridized carbons (Fsp3) is 0.333. The number of nitrogens with zero attached hydrogens (tertiary/aromatic N) is 6. The van der Waals surface area contributed by atoms with Crippen LogP contribution < -0.4 is 4.90 Å². The third kappa shape index (κ3) is 2.28. The molecule has 0 aliphatic rings. The van der Waals surface area contributed by atoms with Crippen molar-refractivity contribution in [3.8, 4) is 0 Å². The SMILES string of the molecule is Cc1csc(CN(C)c2cc(C)nc3ncnn23)n1. The molecule has 3 aromatic heterocycles. The lowest BCUT2D eigenvalue weighted by molar-refractivity contribution is 0.821. The molecule has 0 saturated carbocycles. The zero-order valence-corrected chi connectivity index (χ0v) is 11.8. The smallest absolute Gasteiger partial charge is 0.254 e. The number of aryl methyl sites for hydroxylation is 2. The summed E-state index contributed by atoms with van der Waals surface area (Å²) in [4.78, 5) is 15.1. The Morgan fingerprint density at radius 1 is 1.26 bits per heavy atom. The molecular formula is C12H14N6S. The fourth-order valence-corrected chi connectivity index (χ4v) is 2.77. The topological polar surface area (TPSA) is 59.2 Å². The van der Waals surface area contributed by atoms with Gasteiger partial charge in [0.1, 0.15) is 17.2 Å². The van der Waals surface area contributed by atoms with Gasteiger partial charge in [-0.3, -0.25) is 0 Å². The van der Waals surface area contributed by atoms with E-state index in [1.54, 1.807) is 15.9 Å². The highest BCUT2D eigenvalue weighted by molar-refractivity contribution is 7.09. The lowest BCUT2D eigenvalue weighted by atomic mass is 10.4. The molecule has 98 valence electrons. The van der Waals surface area contributed by atoms with Crippen LogP contribution in [0.15, 0.2) is 17.8 Å². The molecule has 0 radical (unpaired) electrons. The summed E-state index contributed by atoms with van der Waals surface area (Å²) in [5.41, 5.74) is 1.99. The van der Waals surface area contributed by atoms with Crippen molar-refractivity contribution in [3.05, 3.63) is 34.2 Å². The highest BCUT2D eigenvalue weighted by Crippen LogP contribution is 2.18. The number of aromatic nitrogens is 5. The van der Waals surface area contributed by atoms with Gasteiger partial charge in [0.15, 0.2) is 0 Å². The highest BCUT2D eigenvalue weighted by atomic mass is 32.1. The van der Waals surface area contributed by atoms with E-state index in [0.29, 0.717) is 5.78 Å². The summed E-state index contributed by atoms with van der Waals surface area (Å²) in [6.07, 6.45) is 1.52. The molecular weight excluding hydrogens is 260 g/mol. The number of thiazole rings is 1. The fourth-order valence-electron chi connectivity index (χ4n) is 1.94. The zero-order chi connectivity index (χ0) is 13.4. The maximum atomic E-state index is 4.48. The summed E-state index contributed by atoms with van der Waals surface area (Å²) in [7, 11) is 2.02. The monoisotopic (exact) mass is 274 g/mol. The Kier molecular flexibility index (Phi) is 2.90. The number of hydrogen-bond acceptors (Lipinski definition) is 6. The normalized spacial score (nSPS) is 11.1.